The molecular weight excluding hydrogens is 497 g/mol. The Labute approximate surface area is 189 Å². The molecule has 166 valence electrons. The number of amides is 1. The van der Waals surface area contributed by atoms with E-state index in [-0.39, 0.29) is 29.0 Å². The normalized spacial score (nSPS) is 18.5. The van der Waals surface area contributed by atoms with Crippen molar-refractivity contribution in [3.63, 3.8) is 0 Å². The molecule has 0 fully saturated rings. The van der Waals surface area contributed by atoms with Gasteiger partial charge in [0.05, 0.1) is 16.2 Å². The number of hydrogen-bond donors (Lipinski definition) is 1. The molecule has 7 nitrogen and oxygen atoms in total. The Bertz CT molecular complexity index is 1110. The fourth-order valence-corrected chi connectivity index (χ4v) is 5.05. The van der Waals surface area contributed by atoms with Gasteiger partial charge in [0, 0.05) is 43.7 Å². The van der Waals surface area contributed by atoms with Gasteiger partial charge in [0.15, 0.2) is 11.7 Å². The minimum atomic E-state index is -4.50. The second kappa shape index (κ2) is 7.97. The fraction of sp³-hybridized carbons (Fsp3) is 0.421. The Morgan fingerprint density at radius 3 is 2.74 bits per heavy atom. The van der Waals surface area contributed by atoms with Crippen molar-refractivity contribution in [3.05, 3.63) is 50.0 Å². The second-order valence-electron chi connectivity index (χ2n) is 7.54. The summed E-state index contributed by atoms with van der Waals surface area (Å²) >= 11 is 4.71. The highest BCUT2D eigenvalue weighted by Crippen LogP contribution is 2.47. The van der Waals surface area contributed by atoms with E-state index in [1.165, 1.54) is 16.2 Å². The number of carbonyl (C=O) groups is 1. The van der Waals surface area contributed by atoms with E-state index in [1.807, 2.05) is 12.3 Å². The lowest BCUT2D eigenvalue weighted by molar-refractivity contribution is -0.173. The van der Waals surface area contributed by atoms with Gasteiger partial charge in [-0.05, 0) is 34.3 Å². The summed E-state index contributed by atoms with van der Waals surface area (Å²) in [6, 6.07) is 1.24. The molecule has 2 atom stereocenters. The van der Waals surface area contributed by atoms with Gasteiger partial charge in [-0.15, -0.1) is 11.3 Å². The molecule has 31 heavy (non-hydrogen) atoms. The van der Waals surface area contributed by atoms with Gasteiger partial charge in [0.2, 0.25) is 0 Å². The predicted molar refractivity (Wildman–Crippen MR) is 114 cm³/mol. The molecule has 4 heterocycles. The molecule has 3 aromatic heterocycles. The van der Waals surface area contributed by atoms with E-state index in [2.05, 4.69) is 31.4 Å². The highest BCUT2D eigenvalue weighted by atomic mass is 79.9. The first-order valence-corrected chi connectivity index (χ1v) is 11.1. The van der Waals surface area contributed by atoms with Crippen LogP contribution in [0.5, 0.6) is 0 Å². The van der Waals surface area contributed by atoms with Crippen LogP contribution in [0.25, 0.3) is 0 Å². The van der Waals surface area contributed by atoms with Crippen molar-refractivity contribution >= 4 is 39.0 Å². The zero-order valence-corrected chi connectivity index (χ0v) is 19.3. The topological polar surface area (TPSA) is 68.0 Å². The van der Waals surface area contributed by atoms with Crippen molar-refractivity contribution in [2.75, 3.05) is 12.4 Å². The van der Waals surface area contributed by atoms with Crippen molar-refractivity contribution in [2.45, 2.75) is 38.1 Å². The van der Waals surface area contributed by atoms with Crippen LogP contribution in [-0.2, 0) is 13.6 Å². The van der Waals surface area contributed by atoms with E-state index in [4.69, 9.17) is 0 Å². The summed E-state index contributed by atoms with van der Waals surface area (Å²) in [5.41, 5.74) is 1.57. The maximum Gasteiger partial charge on any atom is 0.410 e. The number of carbonyl (C=O) groups excluding carboxylic acids is 1. The van der Waals surface area contributed by atoms with Gasteiger partial charge < -0.3 is 10.2 Å². The van der Waals surface area contributed by atoms with Gasteiger partial charge in [-0.1, -0.05) is 6.07 Å². The molecule has 0 radical (unpaired) electrons. The van der Waals surface area contributed by atoms with Crippen molar-refractivity contribution in [1.29, 1.82) is 0 Å². The number of aryl methyl sites for hydroxylation is 2. The number of aromatic nitrogens is 4. The number of rotatable bonds is 4. The first kappa shape index (κ1) is 21.9. The summed E-state index contributed by atoms with van der Waals surface area (Å²) in [5, 5.41) is 13.3. The first-order chi connectivity index (χ1) is 14.6. The summed E-state index contributed by atoms with van der Waals surface area (Å²) in [6.45, 7) is 2.10. The highest BCUT2D eigenvalue weighted by Gasteiger charge is 2.48. The fourth-order valence-electron chi connectivity index (χ4n) is 3.71. The minimum absolute atomic E-state index is 0.0624. The molecule has 12 heteroatoms. The van der Waals surface area contributed by atoms with E-state index < -0.39 is 24.2 Å². The standard InChI is InChI=1S/C19H20BrF3N6OS/c1-10-11(9-28(3)25-10)8-27(2)18(30)16-15(20)17-24-12(13-5-4-6-31-13)7-14(19(21,22)23)29(17)26-16/h4-6,9,12,14,24H,7-8H2,1-3H3/t12-,14+/m1/s1. The average molecular weight is 517 g/mol. The smallest absolute Gasteiger partial charge is 0.362 e. The van der Waals surface area contributed by atoms with Crippen molar-refractivity contribution < 1.29 is 18.0 Å². The third kappa shape index (κ3) is 4.10. The Morgan fingerprint density at radius 2 is 2.16 bits per heavy atom. The van der Waals surface area contributed by atoms with Crippen LogP contribution >= 0.6 is 27.3 Å². The maximum atomic E-state index is 13.9. The molecule has 1 amide bonds. The van der Waals surface area contributed by atoms with Crippen LogP contribution < -0.4 is 5.32 Å². The molecule has 0 aromatic carbocycles. The van der Waals surface area contributed by atoms with E-state index >= 15 is 0 Å². The predicted octanol–water partition coefficient (Wildman–Crippen LogP) is 4.68. The molecule has 0 bridgehead atoms. The number of hydrogen-bond acceptors (Lipinski definition) is 5. The van der Waals surface area contributed by atoms with Gasteiger partial charge in [-0.2, -0.15) is 23.4 Å². The molecule has 1 aliphatic rings. The number of nitrogens with one attached hydrogen (secondary N) is 1. The molecule has 1 N–H and O–H groups in total. The molecule has 0 saturated heterocycles. The van der Waals surface area contributed by atoms with Gasteiger partial charge in [0.25, 0.3) is 5.91 Å². The largest absolute Gasteiger partial charge is 0.410 e. The van der Waals surface area contributed by atoms with Crippen LogP contribution in [0.4, 0.5) is 19.0 Å². The number of anilines is 1. The second-order valence-corrected chi connectivity index (χ2v) is 9.31. The van der Waals surface area contributed by atoms with Crippen LogP contribution in [0.2, 0.25) is 0 Å². The summed E-state index contributed by atoms with van der Waals surface area (Å²) < 4.78 is 44.3. The van der Waals surface area contributed by atoms with Gasteiger partial charge in [-0.3, -0.25) is 9.48 Å². The monoisotopic (exact) mass is 516 g/mol. The van der Waals surface area contributed by atoms with Gasteiger partial charge in [-0.25, -0.2) is 4.68 Å². The van der Waals surface area contributed by atoms with Crippen LogP contribution in [0.15, 0.2) is 28.2 Å². The van der Waals surface area contributed by atoms with Crippen molar-refractivity contribution in [1.82, 2.24) is 24.5 Å². The number of fused-ring (bicyclic) bond motifs is 1. The minimum Gasteiger partial charge on any atom is -0.362 e. The van der Waals surface area contributed by atoms with Gasteiger partial charge >= 0.3 is 6.18 Å². The number of alkyl halides is 3. The SMILES string of the molecule is Cc1nn(C)cc1CN(C)C(=O)c1nn2c(c1Br)N[C@@H](c1cccs1)C[C@H]2C(F)(F)F. The summed E-state index contributed by atoms with van der Waals surface area (Å²) in [4.78, 5) is 15.3. The molecule has 4 rings (SSSR count). The molecule has 0 spiro atoms. The van der Waals surface area contributed by atoms with Crippen LogP contribution in [-0.4, -0.2) is 43.6 Å². The third-order valence-electron chi connectivity index (χ3n) is 5.25. The summed E-state index contributed by atoms with van der Waals surface area (Å²) in [6.07, 6.45) is -2.90. The lowest BCUT2D eigenvalue weighted by Gasteiger charge is -2.33. The van der Waals surface area contributed by atoms with Crippen LogP contribution in [0.3, 0.4) is 0 Å². The van der Waals surface area contributed by atoms with E-state index in [9.17, 15) is 18.0 Å². The van der Waals surface area contributed by atoms with Crippen molar-refractivity contribution in [2.24, 2.45) is 7.05 Å². The Kier molecular flexibility index (Phi) is 5.63. The van der Waals surface area contributed by atoms with Crippen LogP contribution in [0, 0.1) is 6.92 Å². The zero-order valence-electron chi connectivity index (χ0n) is 16.9. The molecule has 3 aromatic rings. The molecule has 1 aliphatic heterocycles. The Hall–Kier alpha value is -2.34. The van der Waals surface area contributed by atoms with E-state index in [1.54, 1.807) is 37.1 Å². The van der Waals surface area contributed by atoms with E-state index in [0.717, 1.165) is 20.8 Å². The number of nitrogens with zero attached hydrogens (tertiary/aromatic N) is 5. The average Bonchev–Trinajstić information content (AvgIpc) is 3.40. The van der Waals surface area contributed by atoms with Crippen molar-refractivity contribution in [3.8, 4) is 0 Å². The molecule has 0 saturated carbocycles. The molecular formula is C19H20BrF3N6OS. The quantitative estimate of drug-likeness (QED) is 0.546. The highest BCUT2D eigenvalue weighted by molar-refractivity contribution is 9.10. The summed E-state index contributed by atoms with van der Waals surface area (Å²) in [7, 11) is 3.37. The van der Waals surface area contributed by atoms with Crippen LogP contribution in [0.1, 0.15) is 45.1 Å². The maximum absolute atomic E-state index is 13.9. The zero-order chi connectivity index (χ0) is 22.5. The summed E-state index contributed by atoms with van der Waals surface area (Å²) in [5.74, 6) is -0.325. The third-order valence-corrected chi connectivity index (χ3v) is 6.99. The number of halogens is 4. The first-order valence-electron chi connectivity index (χ1n) is 9.45. The Morgan fingerprint density at radius 1 is 1.42 bits per heavy atom. The van der Waals surface area contributed by atoms with Gasteiger partial charge in [0.1, 0.15) is 5.82 Å². The lowest BCUT2D eigenvalue weighted by atomic mass is 10.0. The Balaban J connectivity index is 1.67. The molecule has 0 aliphatic carbocycles. The molecule has 0 unspecified atom stereocenters. The number of thiophene rings is 1. The van der Waals surface area contributed by atoms with E-state index in [0.29, 0.717) is 0 Å². The lowest BCUT2D eigenvalue weighted by Crippen LogP contribution is -2.35.